The summed E-state index contributed by atoms with van der Waals surface area (Å²) in [5.74, 6) is -7.58. The van der Waals surface area contributed by atoms with Crippen molar-refractivity contribution in [2.24, 2.45) is 0 Å². The van der Waals surface area contributed by atoms with E-state index in [-0.39, 0.29) is 70.6 Å². The summed E-state index contributed by atoms with van der Waals surface area (Å²) in [6.45, 7) is -0.549. The number of pyridine rings is 6. The minimum atomic E-state index is -4.05. The number of methoxy groups -OCH3 is 1. The summed E-state index contributed by atoms with van der Waals surface area (Å²) in [6.07, 6.45) is 9.05. The number of amides is 2. The number of fused-ring (bicyclic) bond motifs is 2. The molecule has 25 heteroatoms. The van der Waals surface area contributed by atoms with Crippen molar-refractivity contribution in [3.8, 4) is 22.3 Å². The van der Waals surface area contributed by atoms with Crippen molar-refractivity contribution in [2.75, 3.05) is 7.11 Å². The van der Waals surface area contributed by atoms with Crippen LogP contribution in [0.2, 0.25) is 0 Å². The summed E-state index contributed by atoms with van der Waals surface area (Å²) in [4.78, 5) is 96.4. The van der Waals surface area contributed by atoms with Gasteiger partial charge in [0.25, 0.3) is 33.0 Å². The summed E-state index contributed by atoms with van der Waals surface area (Å²) in [5.41, 5.74) is 2.01. The van der Waals surface area contributed by atoms with Crippen molar-refractivity contribution in [1.29, 1.82) is 0 Å². The molecule has 20 nitrogen and oxygen atoms in total. The SMILES string of the molecule is COC(=O)c1cc(-c2cn(S(=O)(=O)c3ccccc3)c3ncccc23)cc(CNC(=O)c2cccn(Cc3ccc(F)c(F)c3)c2=O)n1.O=C(O)c1cc(-c2c[nH]c3ncccc23)cc(CNC(=O)c2cccn(Cc3ccc(F)c(F)c3)c2=O)n1. The predicted molar refractivity (Wildman–Crippen MR) is 304 cm³/mol. The number of carbonyl (C=O) groups is 4. The Morgan fingerprint density at radius 2 is 1.14 bits per heavy atom. The molecule has 8 heterocycles. The molecule has 0 unspecified atom stereocenters. The zero-order valence-corrected chi connectivity index (χ0v) is 45.6. The van der Waals surface area contributed by atoms with E-state index in [2.05, 4.69) is 35.6 Å². The Morgan fingerprint density at radius 1 is 0.605 bits per heavy atom. The molecular weight excluding hydrogens is 1140 g/mol. The van der Waals surface area contributed by atoms with Gasteiger partial charge in [-0.15, -0.1) is 0 Å². The van der Waals surface area contributed by atoms with Gasteiger partial charge in [0.2, 0.25) is 0 Å². The lowest BCUT2D eigenvalue weighted by Crippen LogP contribution is -2.33. The second kappa shape index (κ2) is 24.7. The van der Waals surface area contributed by atoms with Crippen LogP contribution >= 0.6 is 0 Å². The number of aromatic amines is 1. The van der Waals surface area contributed by atoms with Crippen LogP contribution in [0.1, 0.15) is 64.2 Å². The van der Waals surface area contributed by atoms with Gasteiger partial charge in [-0.1, -0.05) is 30.3 Å². The summed E-state index contributed by atoms with van der Waals surface area (Å²) in [6, 6.07) is 33.0. The number of carbonyl (C=O) groups excluding carboxylic acids is 3. The van der Waals surface area contributed by atoms with E-state index in [1.807, 2.05) is 6.07 Å². The number of nitrogens with zero attached hydrogens (tertiary/aromatic N) is 7. The lowest BCUT2D eigenvalue weighted by molar-refractivity contribution is 0.0592. The molecule has 11 aromatic rings. The monoisotopic (exact) mass is 1180 g/mol. The number of esters is 1. The Balaban J connectivity index is 0.000000196. The van der Waals surface area contributed by atoms with Crippen molar-refractivity contribution in [3.05, 3.63) is 266 Å². The second-order valence-electron chi connectivity index (χ2n) is 19.0. The lowest BCUT2D eigenvalue weighted by Gasteiger charge is -2.11. The lowest BCUT2D eigenvalue weighted by atomic mass is 10.0. The molecule has 0 aliphatic heterocycles. The van der Waals surface area contributed by atoms with Gasteiger partial charge in [0, 0.05) is 59.1 Å². The average Bonchev–Trinajstić information content (AvgIpc) is 2.12. The Bertz CT molecular complexity index is 4720. The van der Waals surface area contributed by atoms with Gasteiger partial charge in [-0.2, -0.15) is 0 Å². The first-order chi connectivity index (χ1) is 41.4. The zero-order chi connectivity index (χ0) is 60.8. The van der Waals surface area contributed by atoms with E-state index in [1.165, 1.54) is 102 Å². The van der Waals surface area contributed by atoms with Gasteiger partial charge in [0.05, 0.1) is 49.6 Å². The summed E-state index contributed by atoms with van der Waals surface area (Å²) in [5, 5.41) is 16.0. The van der Waals surface area contributed by atoms with Gasteiger partial charge in [-0.05, 0) is 131 Å². The number of benzene rings is 3. The molecule has 0 aliphatic rings. The zero-order valence-electron chi connectivity index (χ0n) is 44.7. The molecule has 2 amide bonds. The highest BCUT2D eigenvalue weighted by molar-refractivity contribution is 7.90. The Hall–Kier alpha value is -11.2. The fourth-order valence-corrected chi connectivity index (χ4v) is 10.5. The number of ether oxygens (including phenoxy) is 1. The van der Waals surface area contributed by atoms with E-state index in [4.69, 9.17) is 4.74 Å². The van der Waals surface area contributed by atoms with Gasteiger partial charge in [0.1, 0.15) is 28.2 Å². The maximum Gasteiger partial charge on any atom is 0.356 e. The van der Waals surface area contributed by atoms with E-state index in [1.54, 1.807) is 60.9 Å². The van der Waals surface area contributed by atoms with E-state index >= 15 is 0 Å². The molecule has 8 aromatic heterocycles. The normalized spacial score (nSPS) is 11.2. The molecule has 432 valence electrons. The number of aromatic nitrogens is 8. The van der Waals surface area contributed by atoms with Gasteiger partial charge >= 0.3 is 11.9 Å². The number of hydrogen-bond donors (Lipinski definition) is 4. The molecule has 0 spiro atoms. The molecule has 0 fully saturated rings. The highest BCUT2D eigenvalue weighted by Crippen LogP contribution is 2.33. The molecule has 11 rings (SSSR count). The van der Waals surface area contributed by atoms with Crippen LogP contribution in [0.4, 0.5) is 17.6 Å². The van der Waals surface area contributed by atoms with Crippen LogP contribution in [0, 0.1) is 23.3 Å². The van der Waals surface area contributed by atoms with Gasteiger partial charge in [0.15, 0.2) is 28.9 Å². The third kappa shape index (κ3) is 12.4. The van der Waals surface area contributed by atoms with Crippen LogP contribution in [0.3, 0.4) is 0 Å². The van der Waals surface area contributed by atoms with E-state index < -0.39 is 68.2 Å². The molecule has 0 atom stereocenters. The van der Waals surface area contributed by atoms with Crippen molar-refractivity contribution < 1.29 is 55.0 Å². The fourth-order valence-electron chi connectivity index (χ4n) is 9.20. The Labute approximate surface area is 483 Å². The molecule has 0 saturated carbocycles. The standard InChI is InChI=1S/C34H25F2N5O6S.C27H19F2N5O4/c1-47-34(44)30-17-22(27-20-41(31-25(27)9-5-13-37-31)48(45,46)24-7-3-2-4-8-24)16-23(39-30)18-38-32(42)26-10-6-14-40(33(26)43)19-21-11-12-28(35)29(36)15-21;28-21-6-5-15(9-22(21)29)14-34-8-2-4-19(26(34)36)25(35)32-12-17-10-16(11-23(33-17)27(37)38)20-13-31-24-18(20)3-1-7-30-24/h2-17,20H,18-19H2,1H3,(H,38,42);1-11,13H,12,14H2,(H,30,31)(H,32,35)(H,37,38). The average molecular weight is 1190 g/mol. The minimum absolute atomic E-state index is 0.0530. The topological polar surface area (TPSA) is 272 Å². The number of halogens is 4. The van der Waals surface area contributed by atoms with Crippen molar-refractivity contribution >= 4 is 55.8 Å². The Kier molecular flexibility index (Phi) is 16.7. The van der Waals surface area contributed by atoms with Crippen molar-refractivity contribution in [3.63, 3.8) is 0 Å². The maximum absolute atomic E-state index is 13.7. The largest absolute Gasteiger partial charge is 0.477 e. The highest BCUT2D eigenvalue weighted by atomic mass is 32.2. The van der Waals surface area contributed by atoms with Crippen LogP contribution in [-0.4, -0.2) is 82.4 Å². The van der Waals surface area contributed by atoms with Crippen LogP contribution in [0.15, 0.2) is 191 Å². The summed E-state index contributed by atoms with van der Waals surface area (Å²) in [7, 11) is -2.87. The van der Waals surface area contributed by atoms with E-state index in [0.29, 0.717) is 44.4 Å². The molecule has 3 aromatic carbocycles. The van der Waals surface area contributed by atoms with Crippen LogP contribution in [0.5, 0.6) is 0 Å². The molecular formula is C61H44F4N10O10S. The molecule has 0 aliphatic carbocycles. The predicted octanol–water partition coefficient (Wildman–Crippen LogP) is 8.28. The molecule has 4 N–H and O–H groups in total. The number of hydrogen-bond acceptors (Lipinski definition) is 13. The third-order valence-electron chi connectivity index (χ3n) is 13.3. The first-order valence-corrected chi connectivity index (χ1v) is 27.2. The maximum atomic E-state index is 13.7. The van der Waals surface area contributed by atoms with Crippen LogP contribution in [0.25, 0.3) is 44.3 Å². The third-order valence-corrected chi connectivity index (χ3v) is 15.0. The molecule has 0 radical (unpaired) electrons. The molecule has 0 saturated heterocycles. The second-order valence-corrected chi connectivity index (χ2v) is 20.8. The number of carboxylic acid groups (broad SMARTS) is 1. The quantitative estimate of drug-likeness (QED) is 0.0524. The Morgan fingerprint density at radius 3 is 1.70 bits per heavy atom. The fraction of sp³-hybridized carbons (Fsp3) is 0.0820. The number of carboxylic acids is 1. The summed E-state index contributed by atoms with van der Waals surface area (Å²) >= 11 is 0. The van der Waals surface area contributed by atoms with Crippen molar-refractivity contribution in [1.82, 2.24) is 48.7 Å². The van der Waals surface area contributed by atoms with Gasteiger partial charge in [-0.25, -0.2) is 59.5 Å². The number of aromatic carboxylic acids is 1. The molecule has 0 bridgehead atoms. The van der Waals surface area contributed by atoms with Gasteiger partial charge < -0.3 is 34.6 Å². The minimum Gasteiger partial charge on any atom is -0.477 e. The van der Waals surface area contributed by atoms with E-state index in [0.717, 1.165) is 33.6 Å². The molecule has 86 heavy (non-hydrogen) atoms. The number of rotatable bonds is 16. The van der Waals surface area contributed by atoms with Crippen molar-refractivity contribution in [2.45, 2.75) is 31.1 Å². The smallest absolute Gasteiger partial charge is 0.356 e. The number of H-pyrrole nitrogens is 1. The van der Waals surface area contributed by atoms with Crippen LogP contribution in [-0.2, 0) is 40.9 Å². The number of nitrogens with one attached hydrogen (secondary N) is 3. The first kappa shape index (κ1) is 58.0. The van der Waals surface area contributed by atoms with Crippen LogP contribution < -0.4 is 21.8 Å². The first-order valence-electron chi connectivity index (χ1n) is 25.7. The highest BCUT2D eigenvalue weighted by Gasteiger charge is 2.25. The van der Waals surface area contributed by atoms with E-state index in [9.17, 15) is 59.9 Å². The van der Waals surface area contributed by atoms with Gasteiger partial charge in [-0.3, -0.25) is 19.2 Å². The summed E-state index contributed by atoms with van der Waals surface area (Å²) < 4.78 is 89.4.